The van der Waals surface area contributed by atoms with Crippen LogP contribution in [-0.2, 0) is 16.1 Å². The fourth-order valence-electron chi connectivity index (χ4n) is 4.29. The normalized spacial score (nSPS) is 23.4. The van der Waals surface area contributed by atoms with Crippen molar-refractivity contribution in [2.75, 3.05) is 31.1 Å². The number of aromatic nitrogens is 1. The Morgan fingerprint density at radius 3 is 2.85 bits per heavy atom. The number of hydrogen-bond donors (Lipinski definition) is 0. The Hall–Kier alpha value is -2.25. The maximum Gasteiger partial charge on any atom is 0.246 e. The molecule has 0 N–H and O–H groups in total. The molecule has 0 radical (unpaired) electrons. The molecule has 4 heterocycles. The third kappa shape index (κ3) is 3.49. The molecule has 2 aliphatic heterocycles. The van der Waals surface area contributed by atoms with Gasteiger partial charge in [-0.2, -0.15) is 11.3 Å². The fraction of sp³-hybridized carbons (Fsp3) is 0.450. The highest BCUT2D eigenvalue weighted by atomic mass is 32.1. The van der Waals surface area contributed by atoms with E-state index in [4.69, 9.17) is 0 Å². The van der Waals surface area contributed by atoms with Crippen LogP contribution in [0.25, 0.3) is 0 Å². The summed E-state index contributed by atoms with van der Waals surface area (Å²) in [5.41, 5.74) is 2.67. The number of carbonyl (C=O) groups is 2. The zero-order chi connectivity index (χ0) is 19.0. The molecular weight excluding hydrogens is 360 g/mol. The standard InChI is InChI=1S/C20H24N4O2S/c1-15-4-3-5-17(21-15)10-22-8-7-20(13-22)14-23(18-6-9-27-12-18)19(26)11-24(20)16(2)25/h3-6,9,12H,7-8,10-11,13-14H2,1-2H3. The van der Waals surface area contributed by atoms with Crippen molar-refractivity contribution in [1.29, 1.82) is 0 Å². The summed E-state index contributed by atoms with van der Waals surface area (Å²) in [5.74, 6) is -0.0307. The van der Waals surface area contributed by atoms with Crippen LogP contribution in [0.5, 0.6) is 0 Å². The molecule has 2 saturated heterocycles. The third-order valence-electron chi connectivity index (χ3n) is 5.56. The quantitative estimate of drug-likeness (QED) is 0.815. The number of piperazine rings is 1. The number of rotatable bonds is 3. The second-order valence-electron chi connectivity index (χ2n) is 7.52. The summed E-state index contributed by atoms with van der Waals surface area (Å²) in [6, 6.07) is 8.05. The molecule has 7 heteroatoms. The molecule has 2 aromatic heterocycles. The number of nitrogens with zero attached hydrogens (tertiary/aromatic N) is 4. The first-order valence-electron chi connectivity index (χ1n) is 9.22. The molecular formula is C20H24N4O2S. The van der Waals surface area contributed by atoms with Crippen LogP contribution < -0.4 is 4.90 Å². The number of likely N-dealkylation sites (tertiary alicyclic amines) is 1. The maximum absolute atomic E-state index is 12.7. The van der Waals surface area contributed by atoms with Gasteiger partial charge in [-0.1, -0.05) is 6.07 Å². The number of anilines is 1. The Morgan fingerprint density at radius 1 is 1.30 bits per heavy atom. The topological polar surface area (TPSA) is 56.8 Å². The van der Waals surface area contributed by atoms with Crippen LogP contribution in [0.1, 0.15) is 24.7 Å². The van der Waals surface area contributed by atoms with Crippen LogP contribution >= 0.6 is 11.3 Å². The lowest BCUT2D eigenvalue weighted by molar-refractivity contribution is -0.142. The van der Waals surface area contributed by atoms with Gasteiger partial charge in [-0.3, -0.25) is 19.5 Å². The number of amides is 2. The third-order valence-corrected chi connectivity index (χ3v) is 6.23. The van der Waals surface area contributed by atoms with Gasteiger partial charge in [-0.15, -0.1) is 0 Å². The lowest BCUT2D eigenvalue weighted by atomic mass is 9.92. The van der Waals surface area contributed by atoms with E-state index in [-0.39, 0.29) is 23.9 Å². The van der Waals surface area contributed by atoms with Gasteiger partial charge < -0.3 is 9.80 Å². The van der Waals surface area contributed by atoms with Gasteiger partial charge in [0.15, 0.2) is 0 Å². The molecule has 0 aliphatic carbocycles. The predicted molar refractivity (Wildman–Crippen MR) is 106 cm³/mol. The minimum atomic E-state index is -0.328. The van der Waals surface area contributed by atoms with Crippen molar-refractivity contribution < 1.29 is 9.59 Å². The van der Waals surface area contributed by atoms with Gasteiger partial charge in [-0.05, 0) is 36.9 Å². The van der Waals surface area contributed by atoms with Crippen LogP contribution in [0.3, 0.4) is 0 Å². The summed E-state index contributed by atoms with van der Waals surface area (Å²) in [6.07, 6.45) is 0.867. The second-order valence-corrected chi connectivity index (χ2v) is 8.30. The highest BCUT2D eigenvalue weighted by Crippen LogP contribution is 2.35. The van der Waals surface area contributed by atoms with Crippen LogP contribution in [0.15, 0.2) is 35.0 Å². The van der Waals surface area contributed by atoms with E-state index < -0.39 is 0 Å². The lowest BCUT2D eigenvalue weighted by Gasteiger charge is -2.48. The molecule has 0 aromatic carbocycles. The molecule has 6 nitrogen and oxygen atoms in total. The van der Waals surface area contributed by atoms with Gasteiger partial charge in [0.2, 0.25) is 11.8 Å². The molecule has 1 atom stereocenters. The summed E-state index contributed by atoms with van der Waals surface area (Å²) in [7, 11) is 0. The van der Waals surface area contributed by atoms with Crippen molar-refractivity contribution in [2.45, 2.75) is 32.4 Å². The fourth-order valence-corrected chi connectivity index (χ4v) is 4.93. The molecule has 1 unspecified atom stereocenters. The average Bonchev–Trinajstić information content (AvgIpc) is 3.27. The van der Waals surface area contributed by atoms with Gasteiger partial charge in [0.1, 0.15) is 6.54 Å². The SMILES string of the molecule is CC(=O)N1CC(=O)N(c2ccsc2)CC12CCN(Cc1cccc(C)n1)C2. The zero-order valence-corrected chi connectivity index (χ0v) is 16.5. The summed E-state index contributed by atoms with van der Waals surface area (Å²) >= 11 is 1.58. The van der Waals surface area contributed by atoms with E-state index in [2.05, 4.69) is 9.88 Å². The monoisotopic (exact) mass is 384 g/mol. The van der Waals surface area contributed by atoms with Crippen LogP contribution in [-0.4, -0.2) is 58.3 Å². The molecule has 2 fully saturated rings. The first-order valence-corrected chi connectivity index (χ1v) is 10.2. The number of carbonyl (C=O) groups excluding carboxylic acids is 2. The van der Waals surface area contributed by atoms with Crippen molar-refractivity contribution in [3.63, 3.8) is 0 Å². The first-order chi connectivity index (χ1) is 13.0. The van der Waals surface area contributed by atoms with Crippen LogP contribution in [0.2, 0.25) is 0 Å². The van der Waals surface area contributed by atoms with Gasteiger partial charge in [0.25, 0.3) is 0 Å². The van der Waals surface area contributed by atoms with E-state index in [0.29, 0.717) is 6.54 Å². The molecule has 2 amide bonds. The molecule has 2 aromatic rings. The molecule has 27 heavy (non-hydrogen) atoms. The number of hydrogen-bond acceptors (Lipinski definition) is 5. The highest BCUT2D eigenvalue weighted by molar-refractivity contribution is 7.08. The smallest absolute Gasteiger partial charge is 0.246 e. The Morgan fingerprint density at radius 2 is 2.15 bits per heavy atom. The molecule has 0 saturated carbocycles. The largest absolute Gasteiger partial charge is 0.325 e. The second kappa shape index (κ2) is 7.05. The maximum atomic E-state index is 12.7. The molecule has 142 valence electrons. The Balaban J connectivity index is 1.56. The number of thiophene rings is 1. The van der Waals surface area contributed by atoms with E-state index in [1.54, 1.807) is 23.2 Å². The molecule has 0 bridgehead atoms. The van der Waals surface area contributed by atoms with Gasteiger partial charge in [0.05, 0.1) is 23.5 Å². The van der Waals surface area contributed by atoms with Crippen LogP contribution in [0, 0.1) is 6.92 Å². The van der Waals surface area contributed by atoms with E-state index in [1.807, 2.05) is 46.8 Å². The summed E-state index contributed by atoms with van der Waals surface area (Å²) < 4.78 is 0. The summed E-state index contributed by atoms with van der Waals surface area (Å²) in [6.45, 7) is 6.70. The van der Waals surface area contributed by atoms with Crippen molar-refractivity contribution in [2.24, 2.45) is 0 Å². The number of aryl methyl sites for hydroxylation is 1. The van der Waals surface area contributed by atoms with E-state index in [1.165, 1.54) is 0 Å². The van der Waals surface area contributed by atoms with Gasteiger partial charge in [-0.25, -0.2) is 0 Å². The first kappa shape index (κ1) is 18.1. The van der Waals surface area contributed by atoms with Crippen molar-refractivity contribution in [3.8, 4) is 0 Å². The summed E-state index contributed by atoms with van der Waals surface area (Å²) in [4.78, 5) is 35.6. The van der Waals surface area contributed by atoms with Gasteiger partial charge >= 0.3 is 0 Å². The average molecular weight is 385 g/mol. The Labute approximate surface area is 163 Å². The minimum Gasteiger partial charge on any atom is -0.325 e. The Kier molecular flexibility index (Phi) is 4.74. The zero-order valence-electron chi connectivity index (χ0n) is 15.7. The molecule has 1 spiro atoms. The van der Waals surface area contributed by atoms with Crippen LogP contribution in [0.4, 0.5) is 5.69 Å². The predicted octanol–water partition coefficient (Wildman–Crippen LogP) is 2.29. The number of pyridine rings is 1. The van der Waals surface area contributed by atoms with Crippen molar-refractivity contribution in [3.05, 3.63) is 46.4 Å². The van der Waals surface area contributed by atoms with E-state index >= 15 is 0 Å². The highest BCUT2D eigenvalue weighted by Gasteiger charge is 2.50. The molecule has 4 rings (SSSR count). The minimum absolute atomic E-state index is 0.00646. The van der Waals surface area contributed by atoms with Gasteiger partial charge in [0, 0.05) is 37.6 Å². The van der Waals surface area contributed by atoms with E-state index in [9.17, 15) is 9.59 Å². The van der Waals surface area contributed by atoms with E-state index in [0.717, 1.165) is 43.1 Å². The Bertz CT molecular complexity index is 853. The molecule has 2 aliphatic rings. The summed E-state index contributed by atoms with van der Waals surface area (Å²) in [5, 5.41) is 3.98. The lowest BCUT2D eigenvalue weighted by Crippen LogP contribution is -2.66. The van der Waals surface area contributed by atoms with Crippen molar-refractivity contribution >= 4 is 28.8 Å². The van der Waals surface area contributed by atoms with Crippen molar-refractivity contribution in [1.82, 2.24) is 14.8 Å².